The van der Waals surface area contributed by atoms with Crippen LogP contribution in [-0.4, -0.2) is 16.8 Å². The summed E-state index contributed by atoms with van der Waals surface area (Å²) in [5, 5.41) is 9.62. The molecule has 0 spiro atoms. The van der Waals surface area contributed by atoms with E-state index in [0.717, 1.165) is 11.8 Å². The fraction of sp³-hybridized carbons (Fsp3) is 0.600. The van der Waals surface area contributed by atoms with E-state index in [0.29, 0.717) is 6.42 Å². The van der Waals surface area contributed by atoms with Gasteiger partial charge in [-0.3, -0.25) is 4.79 Å². The first-order valence-corrected chi connectivity index (χ1v) is 3.50. The van der Waals surface area contributed by atoms with Crippen molar-refractivity contribution < 1.29 is 44.3 Å². The summed E-state index contributed by atoms with van der Waals surface area (Å²) in [5.41, 5.74) is 0. The summed E-state index contributed by atoms with van der Waals surface area (Å²) in [5.74, 6) is -1.42. The van der Waals surface area contributed by atoms with Gasteiger partial charge in [-0.05, 0) is 0 Å². The van der Waals surface area contributed by atoms with Crippen molar-refractivity contribution in [1.82, 2.24) is 0 Å². The molecular weight excluding hydrogens is 163 g/mol. The molecule has 0 N–H and O–H groups in total. The number of carboxylic acid groups (broad SMARTS) is 1. The average Bonchev–Trinajstić information content (AvgIpc) is 1.83. The largest absolute Gasteiger partial charge is 1.00 e. The number of hydrogen-bond donors (Lipinski definition) is 0. The topological polar surface area (TPSA) is 57.2 Å². The number of carboxylic acids is 1. The van der Waals surface area contributed by atoms with E-state index in [9.17, 15) is 14.7 Å². The summed E-state index contributed by atoms with van der Waals surface area (Å²) in [4.78, 5) is 20.1. The van der Waals surface area contributed by atoms with Gasteiger partial charge in [-0.15, -0.1) is 0 Å². The Kier molecular flexibility index (Phi) is 9.96. The van der Waals surface area contributed by atoms with Crippen molar-refractivity contribution in [2.24, 2.45) is 0 Å². The fourth-order valence-electron chi connectivity index (χ4n) is 0.241. The van der Waals surface area contributed by atoms with Crippen molar-refractivity contribution in [2.45, 2.75) is 13.3 Å². The number of hydrogen-bond acceptors (Lipinski definition) is 4. The zero-order valence-electron chi connectivity index (χ0n) is 6.05. The van der Waals surface area contributed by atoms with Gasteiger partial charge in [0.05, 0.1) is 5.97 Å². The minimum atomic E-state index is -1.19. The normalized spacial score (nSPS) is 8.10. The van der Waals surface area contributed by atoms with E-state index in [2.05, 4.69) is 0 Å². The van der Waals surface area contributed by atoms with Crippen molar-refractivity contribution in [3.63, 3.8) is 0 Å². The van der Waals surface area contributed by atoms with Crippen LogP contribution in [0.5, 0.6) is 0 Å². The van der Waals surface area contributed by atoms with E-state index in [4.69, 9.17) is 0 Å². The smallest absolute Gasteiger partial charge is 0.549 e. The van der Waals surface area contributed by atoms with Crippen LogP contribution in [0.4, 0.5) is 0 Å². The predicted octanol–water partition coefficient (Wildman–Crippen LogP) is -3.59. The average molecular weight is 170 g/mol. The Bertz CT molecular complexity index is 126. The molecule has 0 aliphatic carbocycles. The summed E-state index contributed by atoms with van der Waals surface area (Å²) >= 11 is 0.784. The second kappa shape index (κ2) is 7.60. The van der Waals surface area contributed by atoms with Crippen molar-refractivity contribution in [3.05, 3.63) is 0 Å². The number of aliphatic carboxylic acids is 1. The molecule has 0 unspecified atom stereocenters. The van der Waals surface area contributed by atoms with Gasteiger partial charge in [-0.1, -0.05) is 18.7 Å². The molecule has 0 bridgehead atoms. The van der Waals surface area contributed by atoms with Crippen LogP contribution < -0.4 is 34.7 Å². The second-order valence-electron chi connectivity index (χ2n) is 1.39. The Labute approximate surface area is 85.9 Å². The minimum absolute atomic E-state index is 0. The zero-order valence-corrected chi connectivity index (χ0v) is 8.86. The summed E-state index contributed by atoms with van der Waals surface area (Å²) in [7, 11) is 0. The third-order valence-electron chi connectivity index (χ3n) is 0.640. The van der Waals surface area contributed by atoms with Gasteiger partial charge in [0.25, 0.3) is 0 Å². The molecule has 0 aliphatic heterocycles. The second-order valence-corrected chi connectivity index (χ2v) is 2.42. The molecule has 0 saturated heterocycles. The van der Waals surface area contributed by atoms with Crippen molar-refractivity contribution in [1.29, 1.82) is 0 Å². The maximum absolute atomic E-state index is 10.4. The molecule has 0 aromatic heterocycles. The Hall–Kier alpha value is 0.490. The van der Waals surface area contributed by atoms with Gasteiger partial charge in [-0.25, -0.2) is 0 Å². The standard InChI is InChI=1S/C5H8O3S.Na/c1-2-5(8)9-3-4(6)7;/h2-3H2,1H3,(H,6,7);/q;+1/p-1. The van der Waals surface area contributed by atoms with Crippen LogP contribution in [0.1, 0.15) is 13.3 Å². The molecule has 52 valence electrons. The van der Waals surface area contributed by atoms with Crippen molar-refractivity contribution in [3.8, 4) is 0 Å². The predicted molar refractivity (Wildman–Crippen MR) is 32.8 cm³/mol. The molecule has 0 rings (SSSR count). The monoisotopic (exact) mass is 170 g/mol. The van der Waals surface area contributed by atoms with Crippen LogP contribution in [0.2, 0.25) is 0 Å². The van der Waals surface area contributed by atoms with E-state index in [-0.39, 0.29) is 40.4 Å². The van der Waals surface area contributed by atoms with Gasteiger partial charge in [0.1, 0.15) is 0 Å². The minimum Gasteiger partial charge on any atom is -0.549 e. The number of thioether (sulfide) groups is 1. The Morgan fingerprint density at radius 3 is 2.30 bits per heavy atom. The van der Waals surface area contributed by atoms with Crippen LogP contribution in [0.3, 0.4) is 0 Å². The summed E-state index contributed by atoms with van der Waals surface area (Å²) < 4.78 is 0. The SMILES string of the molecule is CCC(=O)SCC(=O)[O-].[Na+]. The summed E-state index contributed by atoms with van der Waals surface area (Å²) in [6, 6.07) is 0. The molecule has 5 heteroatoms. The molecular formula is C5H7NaO3S. The first-order chi connectivity index (χ1) is 4.16. The third-order valence-corrected chi connectivity index (χ3v) is 1.63. The molecule has 0 radical (unpaired) electrons. The maximum atomic E-state index is 10.4. The molecule has 0 fully saturated rings. The van der Waals surface area contributed by atoms with Gasteiger partial charge in [0.15, 0.2) is 5.12 Å². The Morgan fingerprint density at radius 2 is 2.00 bits per heavy atom. The van der Waals surface area contributed by atoms with Gasteiger partial charge in [0.2, 0.25) is 0 Å². The molecule has 0 atom stereocenters. The van der Waals surface area contributed by atoms with E-state index >= 15 is 0 Å². The quantitative estimate of drug-likeness (QED) is 0.411. The molecule has 0 heterocycles. The van der Waals surface area contributed by atoms with Crippen molar-refractivity contribution in [2.75, 3.05) is 5.75 Å². The number of carbonyl (C=O) groups is 2. The van der Waals surface area contributed by atoms with Gasteiger partial charge >= 0.3 is 29.6 Å². The molecule has 0 aliphatic rings. The Balaban J connectivity index is 0. The third kappa shape index (κ3) is 8.49. The van der Waals surface area contributed by atoms with E-state index < -0.39 is 5.97 Å². The fourth-order valence-corrected chi connectivity index (χ4v) is 0.724. The summed E-state index contributed by atoms with van der Waals surface area (Å²) in [6.07, 6.45) is 0.373. The maximum Gasteiger partial charge on any atom is 1.00 e. The van der Waals surface area contributed by atoms with Crippen molar-refractivity contribution >= 4 is 22.8 Å². The first-order valence-electron chi connectivity index (χ1n) is 2.52. The molecule has 0 aromatic carbocycles. The van der Waals surface area contributed by atoms with E-state index in [1.165, 1.54) is 0 Å². The van der Waals surface area contributed by atoms with Crippen LogP contribution in [0.15, 0.2) is 0 Å². The van der Waals surface area contributed by atoms with Gasteiger partial charge in [0, 0.05) is 12.2 Å². The number of rotatable bonds is 3. The van der Waals surface area contributed by atoms with Crippen LogP contribution in [-0.2, 0) is 9.59 Å². The molecule has 0 amide bonds. The molecule has 10 heavy (non-hydrogen) atoms. The first kappa shape index (κ1) is 13.1. The van der Waals surface area contributed by atoms with Crippen LogP contribution in [0.25, 0.3) is 0 Å². The zero-order chi connectivity index (χ0) is 7.28. The van der Waals surface area contributed by atoms with Gasteiger partial charge < -0.3 is 9.90 Å². The van der Waals surface area contributed by atoms with Crippen LogP contribution >= 0.6 is 11.8 Å². The molecule has 0 aromatic rings. The molecule has 3 nitrogen and oxygen atoms in total. The Morgan fingerprint density at radius 1 is 1.50 bits per heavy atom. The summed E-state index contributed by atoms with van der Waals surface area (Å²) in [6.45, 7) is 1.69. The molecule has 0 saturated carbocycles. The van der Waals surface area contributed by atoms with E-state index in [1.54, 1.807) is 6.92 Å². The van der Waals surface area contributed by atoms with Crippen LogP contribution in [0, 0.1) is 0 Å². The van der Waals surface area contributed by atoms with Gasteiger partial charge in [-0.2, -0.15) is 0 Å². The van der Waals surface area contributed by atoms with E-state index in [1.807, 2.05) is 0 Å². The number of carbonyl (C=O) groups excluding carboxylic acids is 2.